The number of anilines is 1. The van der Waals surface area contributed by atoms with E-state index >= 15 is 0 Å². The van der Waals surface area contributed by atoms with Crippen LogP contribution in [0.1, 0.15) is 0 Å². The van der Waals surface area contributed by atoms with Crippen LogP contribution in [0.15, 0.2) is 41.6 Å². The van der Waals surface area contributed by atoms with Crippen molar-refractivity contribution in [3.05, 3.63) is 36.7 Å². The van der Waals surface area contributed by atoms with Gasteiger partial charge >= 0.3 is 6.09 Å². The third-order valence-electron chi connectivity index (χ3n) is 4.08. The fourth-order valence-corrected chi connectivity index (χ4v) is 3.37. The van der Waals surface area contributed by atoms with Crippen molar-refractivity contribution in [2.75, 3.05) is 37.3 Å². The van der Waals surface area contributed by atoms with Crippen LogP contribution >= 0.6 is 0 Å². The predicted molar refractivity (Wildman–Crippen MR) is 92.4 cm³/mol. The fourth-order valence-electron chi connectivity index (χ4n) is 2.74. The molecule has 3 rings (SSSR count). The first kappa shape index (κ1) is 17.2. The summed E-state index contributed by atoms with van der Waals surface area (Å²) < 4.78 is 23.2. The van der Waals surface area contributed by atoms with Crippen molar-refractivity contribution in [1.29, 1.82) is 0 Å². The van der Waals surface area contributed by atoms with Crippen molar-refractivity contribution < 1.29 is 18.3 Å². The van der Waals surface area contributed by atoms with Crippen LogP contribution in [0.3, 0.4) is 0 Å². The molecule has 1 amide bonds. The van der Waals surface area contributed by atoms with Gasteiger partial charge in [-0.25, -0.2) is 18.2 Å². The predicted octanol–water partition coefficient (Wildman–Crippen LogP) is 1.35. The molecule has 2 heterocycles. The number of sulfone groups is 1. The van der Waals surface area contributed by atoms with Gasteiger partial charge in [-0.3, -0.25) is 4.98 Å². The Kier molecular flexibility index (Phi) is 4.58. The van der Waals surface area contributed by atoms with E-state index in [0.29, 0.717) is 37.7 Å². The molecular weight excluding hydrogens is 344 g/mol. The molecule has 0 saturated carbocycles. The highest BCUT2D eigenvalue weighted by Crippen LogP contribution is 2.28. The summed E-state index contributed by atoms with van der Waals surface area (Å²) in [6.07, 6.45) is 3.41. The molecule has 1 aromatic heterocycles. The van der Waals surface area contributed by atoms with Crippen LogP contribution in [0.25, 0.3) is 11.3 Å². The number of hydrogen-bond donors (Lipinski definition) is 1. The quantitative estimate of drug-likeness (QED) is 0.879. The van der Waals surface area contributed by atoms with E-state index in [1.54, 1.807) is 36.7 Å². The SMILES string of the molecule is CS(=O)(=O)c1ccc(-c2nccnc2N2CCN(C(=O)O)CC2)cc1. The van der Waals surface area contributed by atoms with E-state index in [-0.39, 0.29) is 4.90 Å². The first-order valence-corrected chi connectivity index (χ1v) is 9.60. The first-order chi connectivity index (χ1) is 11.9. The number of benzene rings is 1. The molecule has 0 aliphatic carbocycles. The van der Waals surface area contributed by atoms with E-state index < -0.39 is 15.9 Å². The number of rotatable bonds is 3. The lowest BCUT2D eigenvalue weighted by Crippen LogP contribution is -2.48. The highest BCUT2D eigenvalue weighted by atomic mass is 32.2. The number of carbonyl (C=O) groups is 1. The first-order valence-electron chi connectivity index (χ1n) is 7.70. The van der Waals surface area contributed by atoms with Gasteiger partial charge in [-0.2, -0.15) is 0 Å². The molecule has 1 aliphatic rings. The highest BCUT2D eigenvalue weighted by molar-refractivity contribution is 7.90. The lowest BCUT2D eigenvalue weighted by atomic mass is 10.1. The Balaban J connectivity index is 1.88. The zero-order valence-electron chi connectivity index (χ0n) is 13.7. The normalized spacial score (nSPS) is 15.2. The molecule has 2 aromatic rings. The van der Waals surface area contributed by atoms with Crippen molar-refractivity contribution in [1.82, 2.24) is 14.9 Å². The highest BCUT2D eigenvalue weighted by Gasteiger charge is 2.23. The Morgan fingerprint density at radius 3 is 2.20 bits per heavy atom. The smallest absolute Gasteiger partial charge is 0.407 e. The topological polar surface area (TPSA) is 104 Å². The monoisotopic (exact) mass is 362 g/mol. The van der Waals surface area contributed by atoms with Crippen LogP contribution in [0.2, 0.25) is 0 Å². The number of aromatic nitrogens is 2. The lowest BCUT2D eigenvalue weighted by Gasteiger charge is -2.34. The zero-order valence-corrected chi connectivity index (χ0v) is 14.5. The average Bonchev–Trinajstić information content (AvgIpc) is 2.61. The van der Waals surface area contributed by atoms with Crippen LogP contribution in [0.4, 0.5) is 10.6 Å². The van der Waals surface area contributed by atoms with Gasteiger partial charge in [0.05, 0.1) is 4.90 Å². The lowest BCUT2D eigenvalue weighted by molar-refractivity contribution is 0.142. The summed E-state index contributed by atoms with van der Waals surface area (Å²) in [6.45, 7) is 1.86. The molecular formula is C16H18N4O4S. The average molecular weight is 362 g/mol. The molecule has 0 radical (unpaired) electrons. The largest absolute Gasteiger partial charge is 0.465 e. The number of nitrogens with zero attached hydrogens (tertiary/aromatic N) is 4. The molecule has 1 aliphatic heterocycles. The number of amides is 1. The summed E-state index contributed by atoms with van der Waals surface area (Å²) in [5.41, 5.74) is 1.41. The second-order valence-corrected chi connectivity index (χ2v) is 7.80. The fraction of sp³-hybridized carbons (Fsp3) is 0.312. The van der Waals surface area contributed by atoms with Crippen LogP contribution in [-0.2, 0) is 9.84 Å². The maximum absolute atomic E-state index is 11.6. The van der Waals surface area contributed by atoms with Gasteiger partial charge in [-0.15, -0.1) is 0 Å². The van der Waals surface area contributed by atoms with Crippen LogP contribution in [-0.4, -0.2) is 66.9 Å². The van der Waals surface area contributed by atoms with Gasteiger partial charge in [0.25, 0.3) is 0 Å². The Hall–Kier alpha value is -2.68. The third kappa shape index (κ3) is 3.71. The van der Waals surface area contributed by atoms with Gasteiger partial charge in [0.15, 0.2) is 15.7 Å². The van der Waals surface area contributed by atoms with E-state index in [2.05, 4.69) is 9.97 Å². The van der Waals surface area contributed by atoms with Gasteiger partial charge in [-0.1, -0.05) is 12.1 Å². The van der Waals surface area contributed by atoms with Gasteiger partial charge in [-0.05, 0) is 12.1 Å². The van der Waals surface area contributed by atoms with Crippen molar-refractivity contribution in [3.8, 4) is 11.3 Å². The van der Waals surface area contributed by atoms with Gasteiger partial charge in [0.1, 0.15) is 5.69 Å². The minimum Gasteiger partial charge on any atom is -0.465 e. The molecule has 0 bridgehead atoms. The van der Waals surface area contributed by atoms with Gasteiger partial charge in [0, 0.05) is 50.4 Å². The Morgan fingerprint density at radius 1 is 1.04 bits per heavy atom. The number of piperazine rings is 1. The second kappa shape index (κ2) is 6.67. The molecule has 0 unspecified atom stereocenters. The van der Waals surface area contributed by atoms with Gasteiger partial charge in [0.2, 0.25) is 0 Å². The van der Waals surface area contributed by atoms with Crippen LogP contribution < -0.4 is 4.90 Å². The van der Waals surface area contributed by atoms with Crippen molar-refractivity contribution in [3.63, 3.8) is 0 Å². The molecule has 0 atom stereocenters. The zero-order chi connectivity index (χ0) is 18.0. The van der Waals surface area contributed by atoms with E-state index in [1.807, 2.05) is 4.90 Å². The Bertz CT molecular complexity index is 875. The molecule has 9 heteroatoms. The van der Waals surface area contributed by atoms with E-state index in [9.17, 15) is 13.2 Å². The molecule has 132 valence electrons. The second-order valence-electron chi connectivity index (χ2n) is 5.78. The van der Waals surface area contributed by atoms with Crippen molar-refractivity contribution in [2.45, 2.75) is 4.90 Å². The molecule has 0 spiro atoms. The van der Waals surface area contributed by atoms with Crippen molar-refractivity contribution >= 4 is 21.7 Å². The molecule has 1 saturated heterocycles. The molecule has 1 fully saturated rings. The summed E-state index contributed by atoms with van der Waals surface area (Å²) in [5, 5.41) is 9.05. The summed E-state index contributed by atoms with van der Waals surface area (Å²) in [5.74, 6) is 0.666. The maximum atomic E-state index is 11.6. The summed E-state index contributed by atoms with van der Waals surface area (Å²) >= 11 is 0. The molecule has 25 heavy (non-hydrogen) atoms. The minimum absolute atomic E-state index is 0.247. The molecule has 1 aromatic carbocycles. The minimum atomic E-state index is -3.25. The Labute approximate surface area is 145 Å². The summed E-state index contributed by atoms with van der Waals surface area (Å²) in [6, 6.07) is 6.51. The van der Waals surface area contributed by atoms with E-state index in [0.717, 1.165) is 11.8 Å². The van der Waals surface area contributed by atoms with E-state index in [1.165, 1.54) is 4.90 Å². The summed E-state index contributed by atoms with van der Waals surface area (Å²) in [7, 11) is -3.25. The van der Waals surface area contributed by atoms with Crippen LogP contribution in [0.5, 0.6) is 0 Å². The molecule has 1 N–H and O–H groups in total. The Morgan fingerprint density at radius 2 is 1.64 bits per heavy atom. The van der Waals surface area contributed by atoms with Crippen LogP contribution in [0, 0.1) is 0 Å². The number of hydrogen-bond acceptors (Lipinski definition) is 6. The van der Waals surface area contributed by atoms with E-state index in [4.69, 9.17) is 5.11 Å². The maximum Gasteiger partial charge on any atom is 0.407 e. The third-order valence-corrected chi connectivity index (χ3v) is 5.21. The standard InChI is InChI=1S/C16H18N4O4S/c1-25(23,24)13-4-2-12(3-5-13)14-15(18-7-6-17-14)19-8-10-20(11-9-19)16(21)22/h2-7H,8-11H2,1H3,(H,21,22). The summed E-state index contributed by atoms with van der Waals surface area (Å²) in [4.78, 5) is 23.4. The molecule has 8 nitrogen and oxygen atoms in total. The van der Waals surface area contributed by atoms with Gasteiger partial charge < -0.3 is 14.9 Å². The number of carboxylic acid groups (broad SMARTS) is 1. The van der Waals surface area contributed by atoms with Crippen molar-refractivity contribution in [2.24, 2.45) is 0 Å².